The summed E-state index contributed by atoms with van der Waals surface area (Å²) < 4.78 is 32.6. The predicted octanol–water partition coefficient (Wildman–Crippen LogP) is 4.43. The average Bonchev–Trinajstić information content (AvgIpc) is 2.70. The van der Waals surface area contributed by atoms with Crippen LogP contribution in [-0.2, 0) is 10.0 Å². The van der Waals surface area contributed by atoms with Gasteiger partial charge in [-0.2, -0.15) is 4.31 Å². The van der Waals surface area contributed by atoms with Gasteiger partial charge in [0.2, 0.25) is 10.0 Å². The minimum absolute atomic E-state index is 0.0469. The average molecular weight is 443 g/mol. The number of benzene rings is 2. The number of hydrogen-bond donors (Lipinski definition) is 1. The molecule has 0 saturated carbocycles. The van der Waals surface area contributed by atoms with Gasteiger partial charge < -0.3 is 10.1 Å². The second-order valence-electron chi connectivity index (χ2n) is 6.38. The van der Waals surface area contributed by atoms with Crippen LogP contribution in [0.25, 0.3) is 0 Å². The fourth-order valence-corrected chi connectivity index (χ4v) is 5.11. The first-order valence-electron chi connectivity index (χ1n) is 8.78. The van der Waals surface area contributed by atoms with Gasteiger partial charge in [-0.3, -0.25) is 4.79 Å². The van der Waals surface area contributed by atoms with E-state index >= 15 is 0 Å². The molecule has 1 aliphatic heterocycles. The molecule has 1 fully saturated rings. The third-order valence-corrected chi connectivity index (χ3v) is 7.09. The SMILES string of the molecule is COc1ccc(S(=O)(=O)N2CCCCC2)cc1C(=O)Nc1c(Cl)cccc1Cl. The number of nitrogens with zero attached hydrogens (tertiary/aromatic N) is 1. The van der Waals surface area contributed by atoms with E-state index in [2.05, 4.69) is 5.32 Å². The molecular formula is C19H20Cl2N2O4S. The van der Waals surface area contributed by atoms with Crippen molar-refractivity contribution < 1.29 is 17.9 Å². The van der Waals surface area contributed by atoms with Gasteiger partial charge >= 0.3 is 0 Å². The van der Waals surface area contributed by atoms with Crippen LogP contribution in [-0.4, -0.2) is 38.8 Å². The number of amides is 1. The van der Waals surface area contributed by atoms with Crippen LogP contribution in [0.1, 0.15) is 29.6 Å². The molecule has 28 heavy (non-hydrogen) atoms. The quantitative estimate of drug-likeness (QED) is 0.742. The zero-order chi connectivity index (χ0) is 20.3. The molecule has 0 bridgehead atoms. The van der Waals surface area contributed by atoms with Crippen LogP contribution in [0, 0.1) is 0 Å². The summed E-state index contributed by atoms with van der Waals surface area (Å²) in [6.07, 6.45) is 2.67. The van der Waals surface area contributed by atoms with Crippen LogP contribution in [0.15, 0.2) is 41.3 Å². The molecule has 1 amide bonds. The van der Waals surface area contributed by atoms with Crippen LogP contribution in [0.4, 0.5) is 5.69 Å². The fraction of sp³-hybridized carbons (Fsp3) is 0.316. The zero-order valence-corrected chi connectivity index (χ0v) is 17.6. The first-order chi connectivity index (χ1) is 13.3. The van der Waals surface area contributed by atoms with Gasteiger partial charge in [0.15, 0.2) is 0 Å². The van der Waals surface area contributed by atoms with Crippen molar-refractivity contribution in [1.82, 2.24) is 4.31 Å². The smallest absolute Gasteiger partial charge is 0.259 e. The van der Waals surface area contributed by atoms with Gasteiger partial charge in [-0.05, 0) is 43.2 Å². The molecule has 2 aromatic carbocycles. The molecule has 0 spiro atoms. The van der Waals surface area contributed by atoms with Crippen LogP contribution in [0.2, 0.25) is 10.0 Å². The Balaban J connectivity index is 1.96. The maximum atomic E-state index is 12.9. The molecule has 0 radical (unpaired) electrons. The molecule has 0 aliphatic carbocycles. The Morgan fingerprint density at radius 2 is 1.71 bits per heavy atom. The number of nitrogens with one attached hydrogen (secondary N) is 1. The van der Waals surface area contributed by atoms with Crippen LogP contribution >= 0.6 is 23.2 Å². The number of carbonyl (C=O) groups excluding carboxylic acids is 1. The fourth-order valence-electron chi connectivity index (χ4n) is 3.08. The van der Waals surface area contributed by atoms with E-state index in [0.717, 1.165) is 19.3 Å². The molecule has 9 heteroatoms. The summed E-state index contributed by atoms with van der Waals surface area (Å²) in [5, 5.41) is 3.19. The number of carbonyl (C=O) groups is 1. The number of hydrogen-bond acceptors (Lipinski definition) is 4. The molecule has 2 aromatic rings. The van der Waals surface area contributed by atoms with Crippen molar-refractivity contribution in [3.8, 4) is 5.75 Å². The van der Waals surface area contributed by atoms with Gasteiger partial charge in [0.25, 0.3) is 5.91 Å². The van der Waals surface area contributed by atoms with E-state index in [9.17, 15) is 13.2 Å². The molecule has 6 nitrogen and oxygen atoms in total. The van der Waals surface area contributed by atoms with Crippen LogP contribution < -0.4 is 10.1 Å². The minimum Gasteiger partial charge on any atom is -0.496 e. The number of sulfonamides is 1. The topological polar surface area (TPSA) is 75.7 Å². The van der Waals surface area contributed by atoms with Gasteiger partial charge in [0.1, 0.15) is 5.75 Å². The zero-order valence-electron chi connectivity index (χ0n) is 15.2. The van der Waals surface area contributed by atoms with Gasteiger partial charge in [-0.25, -0.2) is 8.42 Å². The van der Waals surface area contributed by atoms with E-state index in [1.54, 1.807) is 18.2 Å². The summed E-state index contributed by atoms with van der Waals surface area (Å²) in [6.45, 7) is 0.955. The Labute approximate surface area is 174 Å². The third kappa shape index (κ3) is 4.27. The van der Waals surface area contributed by atoms with E-state index < -0.39 is 15.9 Å². The number of anilines is 1. The maximum Gasteiger partial charge on any atom is 0.259 e. The van der Waals surface area contributed by atoms with Gasteiger partial charge in [-0.15, -0.1) is 0 Å². The van der Waals surface area contributed by atoms with Crippen molar-refractivity contribution in [1.29, 1.82) is 0 Å². The summed E-state index contributed by atoms with van der Waals surface area (Å²) in [7, 11) is -2.28. The summed E-state index contributed by atoms with van der Waals surface area (Å²) in [5.41, 5.74) is 0.332. The highest BCUT2D eigenvalue weighted by Crippen LogP contribution is 2.32. The number of ether oxygens (including phenoxy) is 1. The highest BCUT2D eigenvalue weighted by atomic mass is 35.5. The molecule has 0 atom stereocenters. The summed E-state index contributed by atoms with van der Waals surface area (Å²) >= 11 is 12.2. The standard InChI is InChI=1S/C19H20Cl2N2O4S/c1-27-17-9-8-13(28(25,26)23-10-3-2-4-11-23)12-14(17)19(24)22-18-15(20)6-5-7-16(18)21/h5-9,12H,2-4,10-11H2,1H3,(H,22,24). The molecule has 0 unspecified atom stereocenters. The first kappa shape index (κ1) is 20.9. The number of piperidine rings is 1. The number of rotatable bonds is 5. The summed E-state index contributed by atoms with van der Waals surface area (Å²) in [6, 6.07) is 9.09. The summed E-state index contributed by atoms with van der Waals surface area (Å²) in [5.74, 6) is -0.319. The first-order valence-corrected chi connectivity index (χ1v) is 11.0. The van der Waals surface area contributed by atoms with Gasteiger partial charge in [-0.1, -0.05) is 35.7 Å². The van der Waals surface area contributed by atoms with Crippen molar-refractivity contribution in [3.05, 3.63) is 52.0 Å². The Morgan fingerprint density at radius 3 is 2.32 bits per heavy atom. The van der Waals surface area contributed by atoms with E-state index in [4.69, 9.17) is 27.9 Å². The lowest BCUT2D eigenvalue weighted by molar-refractivity contribution is 0.102. The van der Waals surface area contributed by atoms with Gasteiger partial charge in [0, 0.05) is 13.1 Å². The van der Waals surface area contributed by atoms with E-state index in [-0.39, 0.29) is 31.9 Å². The Morgan fingerprint density at radius 1 is 1.07 bits per heavy atom. The van der Waals surface area contributed by atoms with E-state index in [0.29, 0.717) is 13.1 Å². The highest BCUT2D eigenvalue weighted by Gasteiger charge is 2.28. The lowest BCUT2D eigenvalue weighted by atomic mass is 10.2. The molecule has 150 valence electrons. The highest BCUT2D eigenvalue weighted by molar-refractivity contribution is 7.89. The van der Waals surface area contributed by atoms with E-state index in [1.807, 2.05) is 0 Å². The van der Waals surface area contributed by atoms with Crippen LogP contribution in [0.5, 0.6) is 5.75 Å². The van der Waals surface area contributed by atoms with Crippen molar-refractivity contribution in [2.75, 3.05) is 25.5 Å². The summed E-state index contributed by atoms with van der Waals surface area (Å²) in [4.78, 5) is 12.9. The van der Waals surface area contributed by atoms with E-state index in [1.165, 1.54) is 29.6 Å². The number of para-hydroxylation sites is 1. The largest absolute Gasteiger partial charge is 0.496 e. The number of methoxy groups -OCH3 is 1. The maximum absolute atomic E-state index is 12.9. The van der Waals surface area contributed by atoms with Crippen LogP contribution in [0.3, 0.4) is 0 Å². The second-order valence-corrected chi connectivity index (χ2v) is 9.13. The third-order valence-electron chi connectivity index (χ3n) is 4.57. The van der Waals surface area contributed by atoms with Crippen molar-refractivity contribution >= 4 is 44.8 Å². The van der Waals surface area contributed by atoms with Crippen molar-refractivity contribution in [2.45, 2.75) is 24.2 Å². The van der Waals surface area contributed by atoms with Crippen molar-refractivity contribution in [2.24, 2.45) is 0 Å². The molecule has 1 heterocycles. The Bertz CT molecular complexity index is 969. The second kappa shape index (κ2) is 8.69. The predicted molar refractivity (Wildman–Crippen MR) is 110 cm³/mol. The Kier molecular flexibility index (Phi) is 6.50. The number of halogens is 2. The molecule has 1 aliphatic rings. The van der Waals surface area contributed by atoms with Crippen molar-refractivity contribution in [3.63, 3.8) is 0 Å². The lowest BCUT2D eigenvalue weighted by Crippen LogP contribution is -2.35. The minimum atomic E-state index is -3.69. The Hall–Kier alpha value is -1.80. The molecule has 1 saturated heterocycles. The molecule has 1 N–H and O–H groups in total. The lowest BCUT2D eigenvalue weighted by Gasteiger charge is -2.26. The van der Waals surface area contributed by atoms with Gasteiger partial charge in [0.05, 0.1) is 33.3 Å². The molecule has 3 rings (SSSR count). The molecule has 0 aromatic heterocycles. The normalized spacial score (nSPS) is 15.2. The monoisotopic (exact) mass is 442 g/mol. The molecular weight excluding hydrogens is 423 g/mol.